The maximum atomic E-state index is 12.4. The van der Waals surface area contributed by atoms with Gasteiger partial charge in [-0.2, -0.15) is 0 Å². The average molecular weight is 345 g/mol. The predicted molar refractivity (Wildman–Crippen MR) is 100 cm³/mol. The van der Waals surface area contributed by atoms with E-state index in [1.807, 2.05) is 25.1 Å². The third-order valence-corrected chi connectivity index (χ3v) is 5.73. The molecular weight excluding hydrogens is 314 g/mol. The molecule has 0 spiro atoms. The number of ether oxygens (including phenoxy) is 1. The minimum Gasteiger partial charge on any atom is -0.497 e. The molecule has 3 unspecified atom stereocenters. The van der Waals surface area contributed by atoms with E-state index in [0.717, 1.165) is 25.0 Å². The molecule has 5 nitrogen and oxygen atoms in total. The Balaban J connectivity index is 1.47. The molecule has 2 N–H and O–H groups in total. The van der Waals surface area contributed by atoms with Crippen LogP contribution in [0.1, 0.15) is 44.6 Å². The molecule has 3 atom stereocenters. The Hall–Kier alpha value is -1.75. The quantitative estimate of drug-likeness (QED) is 0.863. The van der Waals surface area contributed by atoms with E-state index >= 15 is 0 Å². The summed E-state index contributed by atoms with van der Waals surface area (Å²) in [6.45, 7) is 2.04. The lowest BCUT2D eigenvalue weighted by Gasteiger charge is -2.47. The first-order chi connectivity index (χ1) is 12.0. The van der Waals surface area contributed by atoms with Gasteiger partial charge in [-0.25, -0.2) is 4.79 Å². The first-order valence-electron chi connectivity index (χ1n) is 9.47. The smallest absolute Gasteiger partial charge is 0.315 e. The predicted octanol–water partition coefficient (Wildman–Crippen LogP) is 2.94. The van der Waals surface area contributed by atoms with Crippen LogP contribution in [0.4, 0.5) is 4.79 Å². The highest BCUT2D eigenvalue weighted by Crippen LogP contribution is 2.32. The number of hydrogen-bond acceptors (Lipinski definition) is 3. The fraction of sp³-hybridized carbons (Fsp3) is 0.650. The number of hydrogen-bond donors (Lipinski definition) is 2. The van der Waals surface area contributed by atoms with Crippen LogP contribution < -0.4 is 15.4 Å². The van der Waals surface area contributed by atoms with Gasteiger partial charge in [0.1, 0.15) is 5.75 Å². The van der Waals surface area contributed by atoms with Crippen molar-refractivity contribution in [3.05, 3.63) is 29.8 Å². The van der Waals surface area contributed by atoms with Gasteiger partial charge >= 0.3 is 6.03 Å². The van der Waals surface area contributed by atoms with E-state index in [1.165, 1.54) is 24.8 Å². The Labute approximate surface area is 151 Å². The Kier molecular flexibility index (Phi) is 5.84. The fourth-order valence-corrected chi connectivity index (χ4v) is 4.39. The SMILES string of the molecule is COc1cccc(CC(C)NC(=O)NC2CC3CCCC(C2)N3C)c1. The molecule has 0 aliphatic carbocycles. The Morgan fingerprint density at radius 1 is 1.32 bits per heavy atom. The molecule has 25 heavy (non-hydrogen) atoms. The second-order valence-electron chi connectivity index (χ2n) is 7.65. The average Bonchev–Trinajstić information content (AvgIpc) is 2.55. The maximum absolute atomic E-state index is 12.4. The zero-order valence-electron chi connectivity index (χ0n) is 15.6. The highest BCUT2D eigenvalue weighted by molar-refractivity contribution is 5.74. The number of piperidine rings is 2. The van der Waals surface area contributed by atoms with Crippen LogP contribution in [0.2, 0.25) is 0 Å². The highest BCUT2D eigenvalue weighted by Gasteiger charge is 2.36. The summed E-state index contributed by atoms with van der Waals surface area (Å²) in [6.07, 6.45) is 6.80. The van der Waals surface area contributed by atoms with Gasteiger partial charge in [0, 0.05) is 24.2 Å². The van der Waals surface area contributed by atoms with Crippen molar-refractivity contribution in [3.8, 4) is 5.75 Å². The van der Waals surface area contributed by atoms with Gasteiger partial charge < -0.3 is 20.3 Å². The van der Waals surface area contributed by atoms with Gasteiger partial charge in [0.25, 0.3) is 0 Å². The van der Waals surface area contributed by atoms with Crippen LogP contribution in [0, 0.1) is 0 Å². The summed E-state index contributed by atoms with van der Waals surface area (Å²) in [6, 6.07) is 9.62. The minimum atomic E-state index is -0.0389. The molecule has 3 rings (SSSR count). The summed E-state index contributed by atoms with van der Waals surface area (Å²) in [5.74, 6) is 0.854. The van der Waals surface area contributed by atoms with Gasteiger partial charge in [-0.1, -0.05) is 18.6 Å². The van der Waals surface area contributed by atoms with Crippen LogP contribution in [-0.2, 0) is 6.42 Å². The zero-order valence-corrected chi connectivity index (χ0v) is 15.6. The molecule has 1 aromatic carbocycles. The molecule has 5 heteroatoms. The lowest BCUT2D eigenvalue weighted by molar-refractivity contribution is 0.0508. The van der Waals surface area contributed by atoms with Gasteiger partial charge in [-0.15, -0.1) is 0 Å². The van der Waals surface area contributed by atoms with Crippen molar-refractivity contribution in [2.24, 2.45) is 0 Å². The molecule has 2 amide bonds. The Morgan fingerprint density at radius 3 is 2.72 bits per heavy atom. The molecule has 0 radical (unpaired) electrons. The maximum Gasteiger partial charge on any atom is 0.315 e. The standard InChI is InChI=1S/C20H31N3O2/c1-14(10-15-6-4-9-19(11-15)25-3)21-20(24)22-16-12-17-7-5-8-18(13-16)23(17)2/h4,6,9,11,14,16-18H,5,7-8,10,12-13H2,1-3H3,(H2,21,22,24). The van der Waals surface area contributed by atoms with Gasteiger partial charge in [0.05, 0.1) is 7.11 Å². The van der Waals surface area contributed by atoms with Gasteiger partial charge in [-0.3, -0.25) is 0 Å². The van der Waals surface area contributed by atoms with Gasteiger partial charge in [0.2, 0.25) is 0 Å². The van der Waals surface area contributed by atoms with Crippen LogP contribution >= 0.6 is 0 Å². The van der Waals surface area contributed by atoms with Crippen molar-refractivity contribution in [2.75, 3.05) is 14.2 Å². The summed E-state index contributed by atoms with van der Waals surface area (Å²) < 4.78 is 5.26. The molecule has 0 aromatic heterocycles. The van der Waals surface area contributed by atoms with E-state index in [4.69, 9.17) is 4.74 Å². The summed E-state index contributed by atoms with van der Waals surface area (Å²) >= 11 is 0. The summed E-state index contributed by atoms with van der Waals surface area (Å²) in [5.41, 5.74) is 1.17. The Morgan fingerprint density at radius 2 is 2.04 bits per heavy atom. The number of carbonyl (C=O) groups excluding carboxylic acids is 1. The van der Waals surface area contributed by atoms with E-state index in [-0.39, 0.29) is 12.1 Å². The molecule has 138 valence electrons. The third kappa shape index (κ3) is 4.66. The fourth-order valence-electron chi connectivity index (χ4n) is 4.39. The number of rotatable bonds is 5. The number of methoxy groups -OCH3 is 1. The number of nitrogens with zero attached hydrogens (tertiary/aromatic N) is 1. The van der Waals surface area contributed by atoms with E-state index in [2.05, 4.69) is 28.6 Å². The van der Waals surface area contributed by atoms with E-state index in [9.17, 15) is 4.79 Å². The number of nitrogens with one attached hydrogen (secondary N) is 2. The molecule has 2 saturated heterocycles. The summed E-state index contributed by atoms with van der Waals surface area (Å²) in [5, 5.41) is 6.29. The molecule has 2 fully saturated rings. The van der Waals surface area contributed by atoms with E-state index in [0.29, 0.717) is 18.1 Å². The van der Waals surface area contributed by atoms with Gasteiger partial charge in [0.15, 0.2) is 0 Å². The molecule has 2 bridgehead atoms. The third-order valence-electron chi connectivity index (χ3n) is 5.73. The van der Waals surface area contributed by atoms with Crippen molar-refractivity contribution in [3.63, 3.8) is 0 Å². The van der Waals surface area contributed by atoms with Crippen LogP contribution in [0.15, 0.2) is 24.3 Å². The number of urea groups is 1. The summed E-state index contributed by atoms with van der Waals surface area (Å²) in [7, 11) is 3.91. The number of carbonyl (C=O) groups is 1. The van der Waals surface area contributed by atoms with Crippen LogP contribution in [0.3, 0.4) is 0 Å². The molecule has 2 heterocycles. The van der Waals surface area contributed by atoms with Crippen molar-refractivity contribution in [1.82, 2.24) is 15.5 Å². The largest absolute Gasteiger partial charge is 0.497 e. The molecule has 0 saturated carbocycles. The first-order valence-corrected chi connectivity index (χ1v) is 9.47. The molecule has 2 aliphatic rings. The number of benzene rings is 1. The first kappa shape index (κ1) is 18.1. The lowest BCUT2D eigenvalue weighted by atomic mass is 9.82. The van der Waals surface area contributed by atoms with E-state index in [1.54, 1.807) is 7.11 Å². The number of amides is 2. The highest BCUT2D eigenvalue weighted by atomic mass is 16.5. The second-order valence-corrected chi connectivity index (χ2v) is 7.65. The second kappa shape index (κ2) is 8.09. The number of fused-ring (bicyclic) bond motifs is 2. The Bertz CT molecular complexity index is 578. The normalized spacial score (nSPS) is 27.4. The van der Waals surface area contributed by atoms with Crippen molar-refractivity contribution < 1.29 is 9.53 Å². The lowest BCUT2D eigenvalue weighted by Crippen LogP contribution is -2.57. The van der Waals surface area contributed by atoms with Gasteiger partial charge in [-0.05, 0) is 63.8 Å². The monoisotopic (exact) mass is 345 g/mol. The summed E-state index contributed by atoms with van der Waals surface area (Å²) in [4.78, 5) is 14.9. The van der Waals surface area contributed by atoms with Crippen LogP contribution in [0.25, 0.3) is 0 Å². The molecular formula is C20H31N3O2. The van der Waals surface area contributed by atoms with Crippen molar-refractivity contribution in [1.29, 1.82) is 0 Å². The molecule has 1 aromatic rings. The minimum absolute atomic E-state index is 0.0389. The van der Waals surface area contributed by atoms with Crippen molar-refractivity contribution >= 4 is 6.03 Å². The van der Waals surface area contributed by atoms with E-state index < -0.39 is 0 Å². The van der Waals surface area contributed by atoms with Crippen molar-refractivity contribution in [2.45, 2.75) is 69.6 Å². The zero-order chi connectivity index (χ0) is 17.8. The van der Waals surface area contributed by atoms with Crippen LogP contribution in [-0.4, -0.2) is 49.3 Å². The van der Waals surface area contributed by atoms with Crippen LogP contribution in [0.5, 0.6) is 5.75 Å². The molecule has 2 aliphatic heterocycles. The topological polar surface area (TPSA) is 53.6 Å².